The lowest BCUT2D eigenvalue weighted by Crippen LogP contribution is -2.33. The Morgan fingerprint density at radius 1 is 0.941 bits per heavy atom. The van der Waals surface area contributed by atoms with Crippen LogP contribution in [0.5, 0.6) is 0 Å². The summed E-state index contributed by atoms with van der Waals surface area (Å²) >= 11 is 5.98. The molecule has 8 nitrogen and oxygen atoms in total. The number of esters is 1. The molecule has 1 unspecified atom stereocenters. The molecule has 0 aromatic heterocycles. The van der Waals surface area contributed by atoms with Crippen molar-refractivity contribution in [1.29, 1.82) is 0 Å². The fourth-order valence-corrected chi connectivity index (χ4v) is 4.83. The lowest BCUT2D eigenvalue weighted by Gasteiger charge is -2.20. The lowest BCUT2D eigenvalue weighted by atomic mass is 9.99. The Morgan fingerprint density at radius 3 is 2.32 bits per heavy atom. The van der Waals surface area contributed by atoms with Crippen molar-refractivity contribution < 1.29 is 22.7 Å². The van der Waals surface area contributed by atoms with Crippen LogP contribution in [0, 0.1) is 0 Å². The first-order valence-corrected chi connectivity index (χ1v) is 12.1. The molecule has 1 amide bonds. The summed E-state index contributed by atoms with van der Waals surface area (Å²) in [5, 5.41) is 3.43. The molecule has 1 atom stereocenters. The van der Waals surface area contributed by atoms with Gasteiger partial charge in [0.15, 0.2) is 6.61 Å². The number of hydrogen-bond acceptors (Lipinski definition) is 6. The smallest absolute Gasteiger partial charge is 0.328 e. The highest BCUT2D eigenvalue weighted by molar-refractivity contribution is 7.90. The Bertz CT molecular complexity index is 1340. The van der Waals surface area contributed by atoms with Crippen molar-refractivity contribution in [3.8, 4) is 0 Å². The highest BCUT2D eigenvalue weighted by Crippen LogP contribution is 2.24. The number of rotatable bonds is 7. The van der Waals surface area contributed by atoms with Gasteiger partial charge in [0.1, 0.15) is 12.4 Å². The van der Waals surface area contributed by atoms with Crippen molar-refractivity contribution in [3.63, 3.8) is 0 Å². The minimum absolute atomic E-state index is 0.0591. The maximum absolute atomic E-state index is 12.5. The van der Waals surface area contributed by atoms with Crippen molar-refractivity contribution in [3.05, 3.63) is 101 Å². The molecule has 0 bridgehead atoms. The second kappa shape index (κ2) is 10.1. The number of nitrogens with one attached hydrogen (secondary N) is 2. The number of benzene rings is 3. The molecule has 174 valence electrons. The van der Waals surface area contributed by atoms with Crippen LogP contribution in [0.2, 0.25) is 5.02 Å². The van der Waals surface area contributed by atoms with Gasteiger partial charge < -0.3 is 10.1 Å². The molecule has 0 saturated carbocycles. The zero-order valence-corrected chi connectivity index (χ0v) is 19.3. The maximum atomic E-state index is 12.5. The number of halogens is 1. The first-order valence-electron chi connectivity index (χ1n) is 10.3. The van der Waals surface area contributed by atoms with Gasteiger partial charge in [0.25, 0.3) is 15.9 Å². The van der Waals surface area contributed by atoms with E-state index in [2.05, 4.69) is 15.0 Å². The molecule has 34 heavy (non-hydrogen) atoms. The normalized spacial score (nSPS) is 15.7. The average Bonchev–Trinajstić information content (AvgIpc) is 3.11. The van der Waals surface area contributed by atoms with Crippen LogP contribution in [0.25, 0.3) is 0 Å². The van der Waals surface area contributed by atoms with Crippen molar-refractivity contribution in [2.75, 3.05) is 13.2 Å². The second-order valence-electron chi connectivity index (χ2n) is 7.39. The SMILES string of the molecule is O=C(COC(=O)CN=C1NS(=O)(=O)c2ccccc21)NC(c1ccccc1)c1ccc(Cl)cc1. The molecule has 0 aliphatic carbocycles. The van der Waals surface area contributed by atoms with Crippen LogP contribution in [0.15, 0.2) is 88.8 Å². The zero-order chi connectivity index (χ0) is 24.1. The summed E-state index contributed by atoms with van der Waals surface area (Å²) in [5.41, 5.74) is 2.04. The van der Waals surface area contributed by atoms with Crippen LogP contribution < -0.4 is 10.0 Å². The Balaban J connectivity index is 1.38. The Kier molecular flexibility index (Phi) is 6.95. The number of aliphatic imine (C=N–C) groups is 1. The molecular formula is C24H20ClN3O5S. The first kappa shape index (κ1) is 23.5. The maximum Gasteiger partial charge on any atom is 0.328 e. The number of nitrogens with zero attached hydrogens (tertiary/aromatic N) is 1. The molecule has 1 aliphatic heterocycles. The highest BCUT2D eigenvalue weighted by Gasteiger charge is 2.30. The van der Waals surface area contributed by atoms with E-state index >= 15 is 0 Å². The molecule has 3 aromatic rings. The molecule has 1 heterocycles. The molecule has 0 spiro atoms. The van der Waals surface area contributed by atoms with E-state index in [1.165, 1.54) is 6.07 Å². The first-order chi connectivity index (χ1) is 16.3. The van der Waals surface area contributed by atoms with Gasteiger partial charge in [-0.1, -0.05) is 66.2 Å². The number of amides is 1. The van der Waals surface area contributed by atoms with E-state index in [1.54, 1.807) is 30.3 Å². The third-order valence-electron chi connectivity index (χ3n) is 5.03. The molecular weight excluding hydrogens is 478 g/mol. The predicted molar refractivity (Wildman–Crippen MR) is 127 cm³/mol. The molecule has 10 heteroatoms. The monoisotopic (exact) mass is 497 g/mol. The summed E-state index contributed by atoms with van der Waals surface area (Å²) < 4.78 is 31.6. The summed E-state index contributed by atoms with van der Waals surface area (Å²) in [7, 11) is -3.70. The van der Waals surface area contributed by atoms with E-state index < -0.39 is 41.1 Å². The third-order valence-corrected chi connectivity index (χ3v) is 6.68. The average molecular weight is 498 g/mol. The number of ether oxygens (including phenoxy) is 1. The molecule has 3 aromatic carbocycles. The Hall–Kier alpha value is -3.69. The minimum atomic E-state index is -3.70. The Labute approximate surface area is 201 Å². The van der Waals surface area contributed by atoms with Crippen molar-refractivity contribution in [2.24, 2.45) is 4.99 Å². The minimum Gasteiger partial charge on any atom is -0.454 e. The number of fused-ring (bicyclic) bond motifs is 1. The fourth-order valence-electron chi connectivity index (χ4n) is 3.45. The summed E-state index contributed by atoms with van der Waals surface area (Å²) in [4.78, 5) is 28.8. The van der Waals surface area contributed by atoms with Gasteiger partial charge in [-0.15, -0.1) is 0 Å². The van der Waals surface area contributed by atoms with Crippen LogP contribution in [0.1, 0.15) is 22.7 Å². The number of amidine groups is 1. The van der Waals surface area contributed by atoms with E-state index in [4.69, 9.17) is 16.3 Å². The van der Waals surface area contributed by atoms with Gasteiger partial charge in [0.05, 0.1) is 10.9 Å². The molecule has 1 aliphatic rings. The van der Waals surface area contributed by atoms with E-state index in [0.717, 1.165) is 11.1 Å². The van der Waals surface area contributed by atoms with Gasteiger partial charge in [0, 0.05) is 10.6 Å². The Morgan fingerprint density at radius 2 is 1.59 bits per heavy atom. The van der Waals surface area contributed by atoms with Gasteiger partial charge in [-0.05, 0) is 35.4 Å². The van der Waals surface area contributed by atoms with Crippen molar-refractivity contribution in [2.45, 2.75) is 10.9 Å². The molecule has 0 radical (unpaired) electrons. The summed E-state index contributed by atoms with van der Waals surface area (Å²) in [6.45, 7) is -0.957. The van der Waals surface area contributed by atoms with Crippen molar-refractivity contribution in [1.82, 2.24) is 10.0 Å². The quantitative estimate of drug-likeness (QED) is 0.487. The van der Waals surface area contributed by atoms with E-state index in [-0.39, 0.29) is 10.7 Å². The van der Waals surface area contributed by atoms with Crippen LogP contribution in [-0.2, 0) is 24.3 Å². The largest absolute Gasteiger partial charge is 0.454 e. The fraction of sp³-hybridized carbons (Fsp3) is 0.125. The molecule has 2 N–H and O–H groups in total. The zero-order valence-electron chi connectivity index (χ0n) is 17.8. The van der Waals surface area contributed by atoms with Crippen LogP contribution >= 0.6 is 11.6 Å². The second-order valence-corrected chi connectivity index (χ2v) is 9.48. The topological polar surface area (TPSA) is 114 Å². The summed E-state index contributed by atoms with van der Waals surface area (Å²) in [6, 6.07) is 22.3. The summed E-state index contributed by atoms with van der Waals surface area (Å²) in [5.74, 6) is -1.21. The lowest BCUT2D eigenvalue weighted by molar-refractivity contribution is -0.147. The number of carbonyl (C=O) groups is 2. The van der Waals surface area contributed by atoms with E-state index in [1.807, 2.05) is 42.5 Å². The van der Waals surface area contributed by atoms with Crippen LogP contribution in [0.3, 0.4) is 0 Å². The number of sulfonamides is 1. The van der Waals surface area contributed by atoms with Gasteiger partial charge in [-0.25, -0.2) is 8.42 Å². The van der Waals surface area contributed by atoms with E-state index in [0.29, 0.717) is 10.6 Å². The molecule has 4 rings (SSSR count). The van der Waals surface area contributed by atoms with Gasteiger partial charge in [-0.3, -0.25) is 19.3 Å². The molecule has 0 saturated heterocycles. The number of carbonyl (C=O) groups excluding carboxylic acids is 2. The van der Waals surface area contributed by atoms with E-state index in [9.17, 15) is 18.0 Å². The third kappa shape index (κ3) is 5.44. The summed E-state index contributed by atoms with van der Waals surface area (Å²) in [6.07, 6.45) is 0. The predicted octanol–water partition coefficient (Wildman–Crippen LogP) is 2.83. The van der Waals surface area contributed by atoms with Gasteiger partial charge in [-0.2, -0.15) is 0 Å². The number of hydrogen-bond donors (Lipinski definition) is 2. The van der Waals surface area contributed by atoms with Gasteiger partial charge in [0.2, 0.25) is 0 Å². The molecule has 0 fully saturated rings. The van der Waals surface area contributed by atoms with Gasteiger partial charge >= 0.3 is 5.97 Å². The standard InChI is InChI=1S/C24H20ClN3O5S/c25-18-12-10-17(11-13-18)23(16-6-2-1-3-7-16)27-21(29)15-33-22(30)14-26-24-19-8-4-5-9-20(19)34(31,32)28-24/h1-13,23H,14-15H2,(H,26,28)(H,27,29). The van der Waals surface area contributed by atoms with Crippen LogP contribution in [-0.4, -0.2) is 39.3 Å². The van der Waals surface area contributed by atoms with Crippen molar-refractivity contribution >= 4 is 39.3 Å². The highest BCUT2D eigenvalue weighted by atomic mass is 35.5. The van der Waals surface area contributed by atoms with Crippen LogP contribution in [0.4, 0.5) is 0 Å².